The van der Waals surface area contributed by atoms with Crippen molar-refractivity contribution in [3.05, 3.63) is 18.0 Å². The Morgan fingerprint density at radius 1 is 1.53 bits per heavy atom. The maximum Gasteiger partial charge on any atom is 0.271 e. The van der Waals surface area contributed by atoms with E-state index in [9.17, 15) is 4.79 Å². The first-order valence-electron chi connectivity index (χ1n) is 5.69. The number of rotatable bonds is 5. The number of pyridine rings is 1. The van der Waals surface area contributed by atoms with Crippen LogP contribution in [0.4, 0.5) is 0 Å². The van der Waals surface area contributed by atoms with Gasteiger partial charge in [0.15, 0.2) is 11.4 Å². The summed E-state index contributed by atoms with van der Waals surface area (Å²) in [6, 6.07) is 1.67. The van der Waals surface area contributed by atoms with Crippen molar-refractivity contribution in [3.8, 4) is 11.5 Å². The molecule has 92 valence electrons. The Morgan fingerprint density at radius 3 is 2.76 bits per heavy atom. The summed E-state index contributed by atoms with van der Waals surface area (Å²) < 4.78 is 11.1. The molecule has 1 amide bonds. The number of primary amides is 1. The van der Waals surface area contributed by atoms with Crippen molar-refractivity contribution < 1.29 is 14.3 Å². The van der Waals surface area contributed by atoms with E-state index in [4.69, 9.17) is 15.2 Å². The largest absolute Gasteiger partial charge is 0.489 e. The fourth-order valence-electron chi connectivity index (χ4n) is 1.40. The number of nitrogens with zero attached hydrogens (tertiary/aromatic N) is 1. The van der Waals surface area contributed by atoms with Crippen molar-refractivity contribution in [2.24, 2.45) is 5.73 Å². The van der Waals surface area contributed by atoms with Crippen LogP contribution in [0.15, 0.2) is 12.3 Å². The van der Waals surface area contributed by atoms with Crippen LogP contribution in [0.5, 0.6) is 11.5 Å². The Bertz CT molecular complexity index is 428. The zero-order chi connectivity index (χ0) is 12.4. The molecule has 5 heteroatoms. The Kier molecular flexibility index (Phi) is 3.17. The zero-order valence-corrected chi connectivity index (χ0v) is 9.97. The molecule has 1 aliphatic carbocycles. The minimum Gasteiger partial charge on any atom is -0.489 e. The van der Waals surface area contributed by atoms with Gasteiger partial charge in [-0.25, -0.2) is 4.98 Å². The van der Waals surface area contributed by atoms with Gasteiger partial charge in [-0.05, 0) is 26.7 Å². The molecule has 1 aliphatic rings. The molecule has 1 aromatic heterocycles. The average molecular weight is 236 g/mol. The summed E-state index contributed by atoms with van der Waals surface area (Å²) in [5.74, 6) is 0.400. The smallest absolute Gasteiger partial charge is 0.271 e. The Morgan fingerprint density at radius 2 is 2.24 bits per heavy atom. The molecule has 2 N–H and O–H groups in total. The monoisotopic (exact) mass is 236 g/mol. The summed E-state index contributed by atoms with van der Waals surface area (Å²) in [5, 5.41) is 0. The Balaban J connectivity index is 2.24. The van der Waals surface area contributed by atoms with Gasteiger partial charge in [0, 0.05) is 6.07 Å². The van der Waals surface area contributed by atoms with Crippen LogP contribution in [0.1, 0.15) is 37.2 Å². The summed E-state index contributed by atoms with van der Waals surface area (Å²) in [7, 11) is 0. The molecule has 0 saturated heterocycles. The van der Waals surface area contributed by atoms with Crippen LogP contribution in [-0.2, 0) is 0 Å². The summed E-state index contributed by atoms with van der Waals surface area (Å²) >= 11 is 0. The van der Waals surface area contributed by atoms with Crippen LogP contribution in [0.2, 0.25) is 0 Å². The highest BCUT2D eigenvalue weighted by molar-refractivity contribution is 5.93. The molecule has 2 rings (SSSR count). The number of aromatic nitrogens is 1. The fourth-order valence-corrected chi connectivity index (χ4v) is 1.40. The van der Waals surface area contributed by atoms with E-state index in [1.807, 2.05) is 13.8 Å². The van der Waals surface area contributed by atoms with E-state index < -0.39 is 5.91 Å². The molecule has 0 bridgehead atoms. The van der Waals surface area contributed by atoms with Crippen molar-refractivity contribution in [2.75, 3.05) is 0 Å². The predicted molar refractivity (Wildman–Crippen MR) is 62.2 cm³/mol. The van der Waals surface area contributed by atoms with E-state index in [0.29, 0.717) is 11.5 Å². The van der Waals surface area contributed by atoms with Gasteiger partial charge in [-0.2, -0.15) is 0 Å². The maximum absolute atomic E-state index is 11.2. The molecule has 0 radical (unpaired) electrons. The van der Waals surface area contributed by atoms with Gasteiger partial charge in [-0.15, -0.1) is 0 Å². The molecule has 1 fully saturated rings. The molecule has 0 atom stereocenters. The lowest BCUT2D eigenvalue weighted by Gasteiger charge is -2.13. The van der Waals surface area contributed by atoms with Crippen molar-refractivity contribution in [1.82, 2.24) is 4.98 Å². The van der Waals surface area contributed by atoms with E-state index >= 15 is 0 Å². The van der Waals surface area contributed by atoms with Crippen LogP contribution in [0, 0.1) is 0 Å². The van der Waals surface area contributed by atoms with Crippen LogP contribution in [0.3, 0.4) is 0 Å². The fraction of sp³-hybridized carbons (Fsp3) is 0.500. The molecule has 0 spiro atoms. The summed E-state index contributed by atoms with van der Waals surface area (Å²) in [5.41, 5.74) is 5.37. The van der Waals surface area contributed by atoms with Crippen molar-refractivity contribution in [3.63, 3.8) is 0 Å². The van der Waals surface area contributed by atoms with E-state index in [-0.39, 0.29) is 17.9 Å². The topological polar surface area (TPSA) is 74.4 Å². The third-order valence-electron chi connectivity index (χ3n) is 2.25. The van der Waals surface area contributed by atoms with Gasteiger partial charge in [0.05, 0.1) is 18.4 Å². The van der Waals surface area contributed by atoms with Crippen molar-refractivity contribution >= 4 is 5.91 Å². The highest BCUT2D eigenvalue weighted by Crippen LogP contribution is 2.29. The van der Waals surface area contributed by atoms with Crippen LogP contribution < -0.4 is 15.2 Å². The summed E-state index contributed by atoms with van der Waals surface area (Å²) in [6.07, 6.45) is 3.87. The van der Waals surface area contributed by atoms with Crippen LogP contribution in [-0.4, -0.2) is 23.1 Å². The highest BCUT2D eigenvalue weighted by Gasteiger charge is 2.24. The quantitative estimate of drug-likeness (QED) is 0.840. The zero-order valence-electron chi connectivity index (χ0n) is 9.97. The minimum absolute atomic E-state index is 0.0499. The second kappa shape index (κ2) is 4.61. The predicted octanol–water partition coefficient (Wildman–Crippen LogP) is 1.51. The first-order valence-corrected chi connectivity index (χ1v) is 5.69. The van der Waals surface area contributed by atoms with E-state index in [0.717, 1.165) is 12.8 Å². The molecule has 0 unspecified atom stereocenters. The molecule has 1 heterocycles. The molecule has 0 aromatic carbocycles. The summed E-state index contributed by atoms with van der Waals surface area (Å²) in [6.45, 7) is 3.75. The van der Waals surface area contributed by atoms with Gasteiger partial charge in [0.1, 0.15) is 5.75 Å². The van der Waals surface area contributed by atoms with Gasteiger partial charge in [0.25, 0.3) is 5.91 Å². The normalized spacial score (nSPS) is 14.8. The Labute approximate surface area is 99.9 Å². The number of hydrogen-bond donors (Lipinski definition) is 1. The van der Waals surface area contributed by atoms with Gasteiger partial charge in [0.2, 0.25) is 0 Å². The third-order valence-corrected chi connectivity index (χ3v) is 2.25. The van der Waals surface area contributed by atoms with Gasteiger partial charge in [-0.3, -0.25) is 4.79 Å². The number of amides is 1. The third kappa shape index (κ3) is 3.09. The summed E-state index contributed by atoms with van der Waals surface area (Å²) in [4.78, 5) is 15.2. The van der Waals surface area contributed by atoms with Crippen LogP contribution in [0.25, 0.3) is 0 Å². The number of ether oxygens (including phenoxy) is 2. The second-order valence-corrected chi connectivity index (χ2v) is 4.37. The number of carbonyl (C=O) groups excluding carboxylic acids is 1. The number of nitrogens with two attached hydrogens (primary N) is 1. The molecule has 1 saturated carbocycles. The lowest BCUT2D eigenvalue weighted by Crippen LogP contribution is -2.17. The van der Waals surface area contributed by atoms with E-state index in [1.54, 1.807) is 6.07 Å². The average Bonchev–Trinajstić information content (AvgIpc) is 3.00. The maximum atomic E-state index is 11.2. The molecule has 5 nitrogen and oxygen atoms in total. The van der Waals surface area contributed by atoms with Crippen LogP contribution >= 0.6 is 0 Å². The first kappa shape index (κ1) is 11.7. The van der Waals surface area contributed by atoms with E-state index in [1.165, 1.54) is 6.20 Å². The van der Waals surface area contributed by atoms with Gasteiger partial charge >= 0.3 is 0 Å². The molecule has 17 heavy (non-hydrogen) atoms. The SMILES string of the molecule is CC(C)Oc1cc(OC2CC2)cnc1C(N)=O. The Hall–Kier alpha value is -1.78. The number of carbonyl (C=O) groups is 1. The highest BCUT2D eigenvalue weighted by atomic mass is 16.5. The second-order valence-electron chi connectivity index (χ2n) is 4.37. The van der Waals surface area contributed by atoms with E-state index in [2.05, 4.69) is 4.98 Å². The van der Waals surface area contributed by atoms with Crippen molar-refractivity contribution in [1.29, 1.82) is 0 Å². The van der Waals surface area contributed by atoms with Crippen molar-refractivity contribution in [2.45, 2.75) is 38.9 Å². The molecule has 0 aliphatic heterocycles. The first-order chi connectivity index (χ1) is 8.06. The van der Waals surface area contributed by atoms with Gasteiger partial charge in [-0.1, -0.05) is 0 Å². The lowest BCUT2D eigenvalue weighted by molar-refractivity contribution is 0.0989. The van der Waals surface area contributed by atoms with Gasteiger partial charge < -0.3 is 15.2 Å². The molecular weight excluding hydrogens is 220 g/mol. The lowest BCUT2D eigenvalue weighted by atomic mass is 10.3. The molecular formula is C12H16N2O3. The number of hydrogen-bond acceptors (Lipinski definition) is 4. The minimum atomic E-state index is -0.598. The molecule has 1 aromatic rings. The standard InChI is InChI=1S/C12H16N2O3/c1-7(2)16-10-5-9(17-8-3-4-8)6-14-11(10)12(13)15/h5-8H,3-4H2,1-2H3,(H2,13,15).